The Hall–Kier alpha value is -1.51. The van der Waals surface area contributed by atoms with Crippen molar-refractivity contribution in [3.63, 3.8) is 0 Å². The van der Waals surface area contributed by atoms with Crippen molar-refractivity contribution in [1.82, 2.24) is 19.5 Å². The van der Waals surface area contributed by atoms with Gasteiger partial charge in [0.1, 0.15) is 17.7 Å². The average Bonchev–Trinajstić information content (AvgIpc) is 3.17. The van der Waals surface area contributed by atoms with Gasteiger partial charge in [-0.15, -0.1) is 0 Å². The molecule has 0 radical (unpaired) electrons. The molecule has 22 heteroatoms. The summed E-state index contributed by atoms with van der Waals surface area (Å²) in [7, 11) is -17.6. The number of phosphoric ester groups is 1. The normalized spacial score (nSPS) is 30.0. The number of nitrogen functional groups attached to an aromatic ring is 1. The van der Waals surface area contributed by atoms with E-state index in [4.69, 9.17) is 40.3 Å². The summed E-state index contributed by atoms with van der Waals surface area (Å²) in [4.78, 5) is 47.8. The van der Waals surface area contributed by atoms with Crippen molar-refractivity contribution in [2.75, 3.05) is 12.3 Å². The number of hydrogen-bond acceptors (Lipinski definition) is 13. The summed E-state index contributed by atoms with van der Waals surface area (Å²) in [5.41, 5.74) is 9.66. The third-order valence-corrected chi connectivity index (χ3v) is 7.77. The smallest absolute Gasteiger partial charge is 0.387 e. The molecule has 3 unspecified atom stereocenters. The minimum Gasteiger partial charge on any atom is -0.387 e. The second kappa shape index (κ2) is 9.51. The van der Waals surface area contributed by atoms with E-state index in [1.54, 1.807) is 0 Å². The Morgan fingerprint density at radius 2 is 1.94 bits per heavy atom. The van der Waals surface area contributed by atoms with Crippen LogP contribution in [0.4, 0.5) is 5.95 Å². The molecule has 34 heavy (non-hydrogen) atoms. The summed E-state index contributed by atoms with van der Waals surface area (Å²) in [5.74, 6) is 2.04. The van der Waals surface area contributed by atoms with Crippen molar-refractivity contribution in [3.8, 4) is 11.3 Å². The molecule has 6 atom stereocenters. The number of ether oxygens (including phenoxy) is 1. The van der Waals surface area contributed by atoms with Crippen molar-refractivity contribution < 1.29 is 59.0 Å². The fourth-order valence-electron chi connectivity index (χ4n) is 2.75. The Balaban J connectivity index is 1.95. The van der Waals surface area contributed by atoms with E-state index in [1.807, 2.05) is 5.38 Å². The third-order valence-electron chi connectivity index (χ3n) is 4.01. The Labute approximate surface area is 197 Å². The number of nitrogens with two attached hydrogens (primary N) is 2. The fourth-order valence-corrected chi connectivity index (χ4v) is 5.79. The summed E-state index contributed by atoms with van der Waals surface area (Å²) in [6, 6.07) is 0. The van der Waals surface area contributed by atoms with Crippen LogP contribution in [0.15, 0.2) is 12.5 Å². The van der Waals surface area contributed by atoms with Crippen molar-refractivity contribution in [2.45, 2.75) is 24.0 Å². The van der Waals surface area contributed by atoms with Crippen molar-refractivity contribution in [3.05, 3.63) is 12.5 Å². The molecule has 18 nitrogen and oxygen atoms in total. The summed E-state index contributed by atoms with van der Waals surface area (Å²) in [6.45, 7) is -3.55. The first kappa shape index (κ1) is 24.2. The van der Waals surface area contributed by atoms with Crippen LogP contribution in [0.2, 0.25) is 0 Å². The van der Waals surface area contributed by atoms with E-state index in [1.165, 1.54) is 6.20 Å². The zero-order valence-electron chi connectivity index (χ0n) is 18.1. The number of hydrogen-bond donors (Lipinski definition) is 7. The number of anilines is 1. The molecule has 0 aliphatic carbocycles. The quantitative estimate of drug-likeness (QED) is 0.147. The highest BCUT2D eigenvalue weighted by Crippen LogP contribution is 2.66. The van der Waals surface area contributed by atoms with Crippen LogP contribution in [0, 0.1) is 11.3 Å². The maximum absolute atomic E-state index is 12.1. The van der Waals surface area contributed by atoms with Gasteiger partial charge in [-0.1, -0.05) is 5.92 Å². The Morgan fingerprint density at radius 1 is 1.26 bits per heavy atom. The van der Waals surface area contributed by atoms with E-state index in [2.05, 4.69) is 34.0 Å². The highest BCUT2D eigenvalue weighted by molar-refractivity contribution is 7.66. The van der Waals surface area contributed by atoms with E-state index < -0.39 is 54.0 Å². The van der Waals surface area contributed by atoms with Gasteiger partial charge in [0.25, 0.3) is 0 Å². The standard InChI is InChI=1S/C12H16ClN6O12P3/c13-2-1-12(15)8(20)7(4-28-33(24,25)31-34(26,27)30-32(21,22)23)29-10(12)19-5-17-6-3-16-11(14)18-9(6)19/h3,5,7-8,10,20H,4,15H2,(H,24,25)(H,26,27)(H2,14,16,18)(H2,21,22,23)/t7-,8+,10-,12?/m1/s1/i4D2. The lowest BCUT2D eigenvalue weighted by atomic mass is 9.92. The molecule has 1 aliphatic rings. The molecule has 0 aromatic carbocycles. The van der Waals surface area contributed by atoms with E-state index in [0.29, 0.717) is 0 Å². The van der Waals surface area contributed by atoms with Crippen molar-refractivity contribution in [2.24, 2.45) is 5.73 Å². The lowest BCUT2D eigenvalue weighted by Gasteiger charge is -2.27. The topological polar surface area (TPSA) is 285 Å². The highest BCUT2D eigenvalue weighted by Gasteiger charge is 2.55. The molecule has 0 spiro atoms. The number of nitrogens with zero attached hydrogens (tertiary/aromatic N) is 4. The predicted octanol–water partition coefficient (Wildman–Crippen LogP) is -1.09. The number of aromatic nitrogens is 4. The minimum absolute atomic E-state index is 0.00000493. The minimum atomic E-state index is -5.99. The van der Waals surface area contributed by atoms with Gasteiger partial charge in [0.15, 0.2) is 17.4 Å². The van der Waals surface area contributed by atoms with Crippen LogP contribution < -0.4 is 11.5 Å². The van der Waals surface area contributed by atoms with Gasteiger partial charge in [-0.2, -0.15) is 13.6 Å². The third kappa shape index (κ3) is 6.00. The monoisotopic (exact) mass is 566 g/mol. The van der Waals surface area contributed by atoms with Gasteiger partial charge in [-0.3, -0.25) is 9.09 Å². The molecule has 188 valence electrons. The van der Waals surface area contributed by atoms with Crippen LogP contribution in [0.5, 0.6) is 0 Å². The molecule has 1 saturated heterocycles. The first-order chi connectivity index (χ1) is 16.3. The van der Waals surface area contributed by atoms with Crippen LogP contribution in [-0.2, 0) is 31.6 Å². The second-order valence-corrected chi connectivity index (χ2v) is 10.9. The Kier molecular flexibility index (Phi) is 6.77. The highest BCUT2D eigenvalue weighted by atomic mass is 35.5. The van der Waals surface area contributed by atoms with Crippen LogP contribution >= 0.6 is 35.1 Å². The molecule has 3 rings (SSSR count). The average molecular weight is 567 g/mol. The summed E-state index contributed by atoms with van der Waals surface area (Å²) >= 11 is 5.46. The molecular formula is C12H16ClN6O12P3. The van der Waals surface area contributed by atoms with Crippen LogP contribution in [0.25, 0.3) is 11.2 Å². The Bertz CT molecular complexity index is 1380. The first-order valence-electron chi connectivity index (χ1n) is 9.35. The number of aliphatic hydroxyl groups excluding tert-OH is 1. The van der Waals surface area contributed by atoms with Gasteiger partial charge in [-0.05, 0) is 11.6 Å². The number of halogens is 1. The van der Waals surface area contributed by atoms with Crippen molar-refractivity contribution in [1.29, 1.82) is 0 Å². The molecule has 1 fully saturated rings. The van der Waals surface area contributed by atoms with Crippen LogP contribution in [0.3, 0.4) is 0 Å². The van der Waals surface area contributed by atoms with Gasteiger partial charge in [0.05, 0.1) is 21.8 Å². The summed E-state index contributed by atoms with van der Waals surface area (Å²) in [5, 5.41) is 12.7. The first-order valence-corrected chi connectivity index (χ1v) is 13.2. The molecule has 0 bridgehead atoms. The maximum Gasteiger partial charge on any atom is 0.490 e. The van der Waals surface area contributed by atoms with E-state index in [0.717, 1.165) is 10.9 Å². The van der Waals surface area contributed by atoms with Crippen molar-refractivity contribution >= 4 is 52.2 Å². The molecule has 2 aromatic rings. The van der Waals surface area contributed by atoms with Gasteiger partial charge >= 0.3 is 23.5 Å². The van der Waals surface area contributed by atoms with Gasteiger partial charge in [0.2, 0.25) is 5.95 Å². The zero-order chi connectivity index (χ0) is 27.3. The fraction of sp³-hybridized carbons (Fsp3) is 0.417. The van der Waals surface area contributed by atoms with Crippen LogP contribution in [-0.4, -0.2) is 68.5 Å². The number of fused-ring (bicyclic) bond motifs is 1. The molecule has 1 aliphatic heterocycles. The molecule has 3 heterocycles. The number of phosphoric acid groups is 3. The molecule has 9 N–H and O–H groups in total. The summed E-state index contributed by atoms with van der Waals surface area (Å²) < 4.78 is 68.3. The number of imidazole rings is 1. The van der Waals surface area contributed by atoms with Crippen LogP contribution in [0.1, 0.15) is 8.97 Å². The summed E-state index contributed by atoms with van der Waals surface area (Å²) in [6.07, 6.45) is -3.74. The van der Waals surface area contributed by atoms with E-state index >= 15 is 0 Å². The zero-order valence-corrected chi connectivity index (χ0v) is 19.6. The molecule has 0 amide bonds. The van der Waals surface area contributed by atoms with E-state index in [-0.39, 0.29) is 17.1 Å². The lowest BCUT2D eigenvalue weighted by molar-refractivity contribution is -0.0438. The second-order valence-electron chi connectivity index (χ2n) is 6.40. The number of aliphatic hydroxyl groups is 1. The predicted molar refractivity (Wildman–Crippen MR) is 110 cm³/mol. The molecular weight excluding hydrogens is 549 g/mol. The number of rotatable bonds is 8. The van der Waals surface area contributed by atoms with Gasteiger partial charge < -0.3 is 40.9 Å². The maximum atomic E-state index is 12.1. The van der Waals surface area contributed by atoms with E-state index in [9.17, 15) is 28.6 Å². The Morgan fingerprint density at radius 3 is 2.56 bits per heavy atom. The SMILES string of the molecule is [2H]C([2H])(OP(=O)(O)OP(=O)(O)OP(=O)(O)O)[C@H]1O[C@@H](n2cnc3cnc(N)nc32)C(N)(C#CCl)[C@H]1O. The lowest BCUT2D eigenvalue weighted by Crippen LogP contribution is -2.53. The van der Waals surface area contributed by atoms with Gasteiger partial charge in [0, 0.05) is 5.38 Å². The largest absolute Gasteiger partial charge is 0.490 e. The molecule has 0 saturated carbocycles. The van der Waals surface area contributed by atoms with Gasteiger partial charge in [-0.25, -0.2) is 23.7 Å². The molecule has 2 aromatic heterocycles.